The molecule has 0 saturated carbocycles. The molecule has 6 nitrogen and oxygen atoms in total. The van der Waals surface area contributed by atoms with Crippen LogP contribution in [0.3, 0.4) is 0 Å². The molecule has 0 unspecified atom stereocenters. The number of carbonyl (C=O) groups excluding carboxylic acids is 1. The van der Waals surface area contributed by atoms with E-state index in [0.717, 1.165) is 31.2 Å². The number of amides is 1. The van der Waals surface area contributed by atoms with Gasteiger partial charge in [0.15, 0.2) is 11.5 Å². The Labute approximate surface area is 220 Å². The van der Waals surface area contributed by atoms with Crippen LogP contribution in [0.1, 0.15) is 135 Å². The fourth-order valence-electron chi connectivity index (χ4n) is 3.95. The summed E-state index contributed by atoms with van der Waals surface area (Å²) in [6.07, 6.45) is 20.5. The molecule has 208 valence electrons. The molecule has 0 aliphatic carbocycles. The first-order valence-corrected chi connectivity index (χ1v) is 14.3. The van der Waals surface area contributed by atoms with Crippen molar-refractivity contribution in [1.29, 1.82) is 0 Å². The van der Waals surface area contributed by atoms with E-state index in [1.807, 2.05) is 0 Å². The lowest BCUT2D eigenvalue weighted by Gasteiger charge is -2.08. The smallest absolute Gasteiger partial charge is 0.303 e. The quantitative estimate of drug-likeness (QED) is 0.146. The Morgan fingerprint density at radius 3 is 1.69 bits per heavy atom. The normalized spacial score (nSPS) is 10.4. The van der Waals surface area contributed by atoms with Crippen molar-refractivity contribution < 1.29 is 24.5 Å². The highest BCUT2D eigenvalue weighted by Crippen LogP contribution is 2.26. The first kappa shape index (κ1) is 33.8. The lowest BCUT2D eigenvalue weighted by molar-refractivity contribution is -0.137. The number of methoxy groups -OCH3 is 1. The first-order chi connectivity index (χ1) is 17.4. The Balaban J connectivity index is 0.000000802. The highest BCUT2D eigenvalue weighted by Gasteiger charge is 2.05. The standard InChI is InChI=1S/C19H31NO3.C11H22O2/c1-3-4-5-6-7-8-9-10-11-19(22)20-15-16-12-13-17(21)18(14-16)23-2;1-2-3-4-5-6-7-8-9-10-11(12)13/h12-14,21H,3-11,15H2,1-2H3,(H,20,22);2-10H2,1H3,(H,12,13). The molecule has 0 atom stereocenters. The highest BCUT2D eigenvalue weighted by atomic mass is 16.5. The van der Waals surface area contributed by atoms with E-state index >= 15 is 0 Å². The fourth-order valence-corrected chi connectivity index (χ4v) is 3.95. The van der Waals surface area contributed by atoms with E-state index in [4.69, 9.17) is 9.84 Å². The first-order valence-electron chi connectivity index (χ1n) is 14.3. The molecule has 1 aromatic rings. The second-order valence-electron chi connectivity index (χ2n) is 9.63. The molecule has 1 aromatic carbocycles. The van der Waals surface area contributed by atoms with Crippen LogP contribution in [0.5, 0.6) is 11.5 Å². The minimum atomic E-state index is -0.661. The highest BCUT2D eigenvalue weighted by molar-refractivity contribution is 5.75. The number of rotatable bonds is 21. The molecule has 0 heterocycles. The third-order valence-corrected chi connectivity index (χ3v) is 6.24. The monoisotopic (exact) mass is 507 g/mol. The number of nitrogens with one attached hydrogen (secondary N) is 1. The molecule has 0 spiro atoms. The third kappa shape index (κ3) is 21.1. The van der Waals surface area contributed by atoms with Gasteiger partial charge in [-0.05, 0) is 30.5 Å². The second kappa shape index (κ2) is 24.5. The van der Waals surface area contributed by atoms with E-state index in [0.29, 0.717) is 25.1 Å². The largest absolute Gasteiger partial charge is 0.504 e. The summed E-state index contributed by atoms with van der Waals surface area (Å²) in [5.74, 6) is -0.0321. The molecular formula is C30H53NO5. The molecule has 0 aliphatic heterocycles. The lowest BCUT2D eigenvalue weighted by atomic mass is 10.1. The number of hydrogen-bond donors (Lipinski definition) is 3. The zero-order chi connectivity index (χ0) is 26.9. The molecule has 0 aliphatic rings. The number of benzene rings is 1. The summed E-state index contributed by atoms with van der Waals surface area (Å²) in [5.41, 5.74) is 0.920. The van der Waals surface area contributed by atoms with Crippen LogP contribution in [0.2, 0.25) is 0 Å². The molecule has 6 heteroatoms. The van der Waals surface area contributed by atoms with Gasteiger partial charge in [0, 0.05) is 19.4 Å². The average Bonchev–Trinajstić information content (AvgIpc) is 2.87. The number of hydrogen-bond acceptors (Lipinski definition) is 4. The van der Waals surface area contributed by atoms with Gasteiger partial charge in [0.1, 0.15) is 0 Å². The molecule has 0 aromatic heterocycles. The van der Waals surface area contributed by atoms with Gasteiger partial charge in [0.25, 0.3) is 0 Å². The average molecular weight is 508 g/mol. The van der Waals surface area contributed by atoms with Crippen LogP contribution in [0.15, 0.2) is 18.2 Å². The number of phenolic OH excluding ortho intramolecular Hbond substituents is 1. The van der Waals surface area contributed by atoms with Crippen molar-refractivity contribution >= 4 is 11.9 Å². The predicted octanol–water partition coefficient (Wildman–Crippen LogP) is 8.15. The van der Waals surface area contributed by atoms with E-state index in [9.17, 15) is 14.7 Å². The SMILES string of the molecule is CCCCCCCCCCC(=O)NCc1ccc(O)c(OC)c1.CCCCCCCCCCC(=O)O. The van der Waals surface area contributed by atoms with Crippen LogP contribution in [0.25, 0.3) is 0 Å². The Morgan fingerprint density at radius 2 is 1.22 bits per heavy atom. The number of carboxylic acids is 1. The summed E-state index contributed by atoms with van der Waals surface area (Å²) in [6.45, 7) is 4.91. The maximum absolute atomic E-state index is 11.8. The van der Waals surface area contributed by atoms with Crippen molar-refractivity contribution in [2.75, 3.05) is 7.11 Å². The summed E-state index contributed by atoms with van der Waals surface area (Å²) < 4.78 is 5.06. The molecular weight excluding hydrogens is 454 g/mol. The summed E-state index contributed by atoms with van der Waals surface area (Å²) in [4.78, 5) is 22.0. The van der Waals surface area contributed by atoms with E-state index in [1.165, 1.54) is 84.2 Å². The van der Waals surface area contributed by atoms with Gasteiger partial charge in [-0.25, -0.2) is 0 Å². The van der Waals surface area contributed by atoms with Crippen LogP contribution >= 0.6 is 0 Å². The predicted molar refractivity (Wildman–Crippen MR) is 149 cm³/mol. The number of carbonyl (C=O) groups is 2. The topological polar surface area (TPSA) is 95.9 Å². The van der Waals surface area contributed by atoms with Crippen LogP contribution in [-0.4, -0.2) is 29.2 Å². The van der Waals surface area contributed by atoms with Crippen molar-refractivity contribution in [3.8, 4) is 11.5 Å². The van der Waals surface area contributed by atoms with Crippen molar-refractivity contribution in [1.82, 2.24) is 5.32 Å². The van der Waals surface area contributed by atoms with Crippen LogP contribution in [0, 0.1) is 0 Å². The van der Waals surface area contributed by atoms with Crippen molar-refractivity contribution in [2.24, 2.45) is 0 Å². The van der Waals surface area contributed by atoms with Gasteiger partial charge in [-0.1, -0.05) is 110 Å². The van der Waals surface area contributed by atoms with Gasteiger partial charge in [0.2, 0.25) is 5.91 Å². The minimum absolute atomic E-state index is 0.0861. The Kier molecular flexibility index (Phi) is 22.9. The fraction of sp³-hybridized carbons (Fsp3) is 0.733. The summed E-state index contributed by atoms with van der Waals surface area (Å²) >= 11 is 0. The molecule has 0 fully saturated rings. The number of unbranched alkanes of at least 4 members (excludes halogenated alkanes) is 14. The van der Waals surface area contributed by atoms with Gasteiger partial charge in [-0.2, -0.15) is 0 Å². The van der Waals surface area contributed by atoms with Gasteiger partial charge in [0.05, 0.1) is 7.11 Å². The van der Waals surface area contributed by atoms with Crippen LogP contribution < -0.4 is 10.1 Å². The summed E-state index contributed by atoms with van der Waals surface area (Å²) in [6, 6.07) is 5.11. The lowest BCUT2D eigenvalue weighted by Crippen LogP contribution is -2.22. The molecule has 1 amide bonds. The van der Waals surface area contributed by atoms with Gasteiger partial charge in [-0.15, -0.1) is 0 Å². The third-order valence-electron chi connectivity index (χ3n) is 6.24. The van der Waals surface area contributed by atoms with E-state index in [2.05, 4.69) is 19.2 Å². The van der Waals surface area contributed by atoms with E-state index < -0.39 is 5.97 Å². The molecule has 36 heavy (non-hydrogen) atoms. The Morgan fingerprint density at radius 1 is 0.750 bits per heavy atom. The van der Waals surface area contributed by atoms with Gasteiger partial charge >= 0.3 is 5.97 Å². The summed E-state index contributed by atoms with van der Waals surface area (Å²) in [7, 11) is 1.51. The van der Waals surface area contributed by atoms with Crippen LogP contribution in [0.4, 0.5) is 0 Å². The van der Waals surface area contributed by atoms with Crippen LogP contribution in [-0.2, 0) is 16.1 Å². The molecule has 3 N–H and O–H groups in total. The van der Waals surface area contributed by atoms with Gasteiger partial charge in [-0.3, -0.25) is 9.59 Å². The maximum Gasteiger partial charge on any atom is 0.303 e. The molecule has 1 rings (SSSR count). The number of carboxylic acid groups (broad SMARTS) is 1. The second-order valence-corrected chi connectivity index (χ2v) is 9.63. The van der Waals surface area contributed by atoms with Crippen molar-refractivity contribution in [3.63, 3.8) is 0 Å². The van der Waals surface area contributed by atoms with E-state index in [1.54, 1.807) is 18.2 Å². The van der Waals surface area contributed by atoms with E-state index in [-0.39, 0.29) is 11.7 Å². The maximum atomic E-state index is 11.8. The number of phenols is 1. The molecule has 0 radical (unpaired) electrons. The Bertz CT molecular complexity index is 677. The zero-order valence-electron chi connectivity index (χ0n) is 23.3. The minimum Gasteiger partial charge on any atom is -0.504 e. The Hall–Kier alpha value is -2.24. The zero-order valence-corrected chi connectivity index (χ0v) is 23.3. The van der Waals surface area contributed by atoms with Crippen molar-refractivity contribution in [3.05, 3.63) is 23.8 Å². The molecule has 0 bridgehead atoms. The number of aromatic hydroxyl groups is 1. The van der Waals surface area contributed by atoms with Crippen molar-refractivity contribution in [2.45, 2.75) is 136 Å². The molecule has 0 saturated heterocycles. The number of aliphatic carboxylic acids is 1. The van der Waals surface area contributed by atoms with Gasteiger partial charge < -0.3 is 20.3 Å². The summed E-state index contributed by atoms with van der Waals surface area (Å²) in [5, 5.41) is 20.8. The number of ether oxygens (including phenoxy) is 1.